The van der Waals surface area contributed by atoms with Crippen LogP contribution in [0.15, 0.2) is 6.33 Å². The van der Waals surface area contributed by atoms with Crippen molar-refractivity contribution in [2.75, 3.05) is 19.0 Å². The quantitative estimate of drug-likeness (QED) is 0.638. The first-order valence-corrected chi connectivity index (χ1v) is 5.12. The van der Waals surface area contributed by atoms with Crippen molar-refractivity contribution in [2.24, 2.45) is 5.41 Å². The third-order valence-corrected chi connectivity index (χ3v) is 1.95. The van der Waals surface area contributed by atoms with Gasteiger partial charge >= 0.3 is 5.69 Å². The molecular formula is C10H16N4O3. The molecule has 0 radical (unpaired) electrons. The fraction of sp³-hybridized carbons (Fsp3) is 0.600. The molecule has 1 rings (SSSR count). The maximum Gasteiger partial charge on any atom is 0.372 e. The molecular weight excluding hydrogens is 224 g/mol. The van der Waals surface area contributed by atoms with E-state index in [1.807, 2.05) is 20.8 Å². The van der Waals surface area contributed by atoms with Gasteiger partial charge in [-0.2, -0.15) is 4.98 Å². The molecule has 0 unspecified atom stereocenters. The molecule has 7 heteroatoms. The van der Waals surface area contributed by atoms with Gasteiger partial charge in [0.2, 0.25) is 5.82 Å². The Morgan fingerprint density at radius 1 is 1.47 bits per heavy atom. The van der Waals surface area contributed by atoms with E-state index < -0.39 is 4.92 Å². The first kappa shape index (κ1) is 13.1. The third-order valence-electron chi connectivity index (χ3n) is 1.95. The zero-order valence-corrected chi connectivity index (χ0v) is 10.4. The van der Waals surface area contributed by atoms with Gasteiger partial charge in [-0.1, -0.05) is 20.8 Å². The zero-order chi connectivity index (χ0) is 13.1. The average molecular weight is 240 g/mol. The summed E-state index contributed by atoms with van der Waals surface area (Å²) in [5, 5.41) is 13.9. The number of hydrogen-bond donors (Lipinski definition) is 1. The van der Waals surface area contributed by atoms with Crippen LogP contribution in [0.2, 0.25) is 0 Å². The van der Waals surface area contributed by atoms with Gasteiger partial charge < -0.3 is 10.1 Å². The molecule has 0 fully saturated rings. The van der Waals surface area contributed by atoms with E-state index in [0.29, 0.717) is 6.54 Å². The number of anilines is 1. The molecule has 7 nitrogen and oxygen atoms in total. The van der Waals surface area contributed by atoms with Crippen LogP contribution in [-0.2, 0) is 0 Å². The van der Waals surface area contributed by atoms with Crippen LogP contribution in [0, 0.1) is 15.5 Å². The number of methoxy groups -OCH3 is 1. The summed E-state index contributed by atoms with van der Waals surface area (Å²) < 4.78 is 4.85. The van der Waals surface area contributed by atoms with Crippen LogP contribution in [0.4, 0.5) is 11.5 Å². The van der Waals surface area contributed by atoms with Gasteiger partial charge in [-0.15, -0.1) is 0 Å². The lowest BCUT2D eigenvalue weighted by atomic mass is 9.97. The summed E-state index contributed by atoms with van der Waals surface area (Å²) in [6, 6.07) is 0. The summed E-state index contributed by atoms with van der Waals surface area (Å²) in [4.78, 5) is 18.0. The SMILES string of the molecule is COc1ncnc(NCC(C)(C)C)c1[N+](=O)[O-]. The Labute approximate surface area is 99.4 Å². The highest BCUT2D eigenvalue weighted by Gasteiger charge is 2.24. The summed E-state index contributed by atoms with van der Waals surface area (Å²) in [6.07, 6.45) is 1.23. The first-order valence-electron chi connectivity index (χ1n) is 5.12. The maximum atomic E-state index is 10.9. The highest BCUT2D eigenvalue weighted by Crippen LogP contribution is 2.30. The second-order valence-corrected chi connectivity index (χ2v) is 4.75. The largest absolute Gasteiger partial charge is 0.476 e. The minimum atomic E-state index is -0.552. The minimum Gasteiger partial charge on any atom is -0.476 e. The summed E-state index contributed by atoms with van der Waals surface area (Å²) in [5.74, 6) is 0.137. The van der Waals surface area contributed by atoms with Gasteiger partial charge in [0.25, 0.3) is 5.88 Å². The number of aromatic nitrogens is 2. The van der Waals surface area contributed by atoms with Gasteiger partial charge in [-0.3, -0.25) is 10.1 Å². The molecule has 1 heterocycles. The maximum absolute atomic E-state index is 10.9. The predicted molar refractivity (Wildman–Crippen MR) is 63.2 cm³/mol. The molecule has 94 valence electrons. The van der Waals surface area contributed by atoms with Crippen LogP contribution in [0.1, 0.15) is 20.8 Å². The Hall–Kier alpha value is -1.92. The molecule has 0 saturated heterocycles. The summed E-state index contributed by atoms with van der Waals surface area (Å²) >= 11 is 0. The van der Waals surface area contributed by atoms with E-state index in [0.717, 1.165) is 0 Å². The molecule has 0 aliphatic heterocycles. The standard InChI is InChI=1S/C10H16N4O3/c1-10(2,3)5-11-8-7(14(15)16)9(17-4)13-6-12-8/h6H,5H2,1-4H3,(H,11,12,13). The number of ether oxygens (including phenoxy) is 1. The second kappa shape index (κ2) is 4.94. The Balaban J connectivity index is 3.02. The predicted octanol–water partition coefficient (Wildman–Crippen LogP) is 1.85. The smallest absolute Gasteiger partial charge is 0.372 e. The number of nitrogens with one attached hydrogen (secondary N) is 1. The molecule has 1 aromatic rings. The minimum absolute atomic E-state index is 0.00788. The lowest BCUT2D eigenvalue weighted by Crippen LogP contribution is -2.20. The van der Waals surface area contributed by atoms with Crippen molar-refractivity contribution in [3.8, 4) is 5.88 Å². The summed E-state index contributed by atoms with van der Waals surface area (Å²) in [7, 11) is 1.34. The summed E-state index contributed by atoms with van der Waals surface area (Å²) in [6.45, 7) is 6.62. The first-order chi connectivity index (χ1) is 7.85. The van der Waals surface area contributed by atoms with E-state index in [1.165, 1.54) is 13.4 Å². The normalized spacial score (nSPS) is 11.1. The lowest BCUT2D eigenvalue weighted by molar-refractivity contribution is -0.385. The molecule has 0 saturated carbocycles. The third kappa shape index (κ3) is 3.54. The molecule has 0 atom stereocenters. The van der Waals surface area contributed by atoms with Crippen molar-refractivity contribution < 1.29 is 9.66 Å². The topological polar surface area (TPSA) is 90.2 Å². The van der Waals surface area contributed by atoms with Crippen molar-refractivity contribution in [2.45, 2.75) is 20.8 Å². The molecule has 0 bridgehead atoms. The van der Waals surface area contributed by atoms with E-state index in [-0.39, 0.29) is 22.8 Å². The lowest BCUT2D eigenvalue weighted by Gasteiger charge is -2.18. The number of hydrogen-bond acceptors (Lipinski definition) is 6. The van der Waals surface area contributed by atoms with Crippen LogP contribution in [-0.4, -0.2) is 28.5 Å². The summed E-state index contributed by atoms with van der Waals surface area (Å²) in [5.41, 5.74) is -0.245. The Bertz CT molecular complexity index is 415. The van der Waals surface area contributed by atoms with Crippen molar-refractivity contribution in [3.05, 3.63) is 16.4 Å². The van der Waals surface area contributed by atoms with Crippen LogP contribution >= 0.6 is 0 Å². The molecule has 1 N–H and O–H groups in total. The van der Waals surface area contributed by atoms with Crippen molar-refractivity contribution >= 4 is 11.5 Å². The highest BCUT2D eigenvalue weighted by molar-refractivity contribution is 5.61. The zero-order valence-electron chi connectivity index (χ0n) is 10.4. The van der Waals surface area contributed by atoms with Gasteiger partial charge in [-0.05, 0) is 5.41 Å². The fourth-order valence-corrected chi connectivity index (χ4v) is 1.15. The van der Waals surface area contributed by atoms with Crippen LogP contribution in [0.3, 0.4) is 0 Å². The Kier molecular flexibility index (Phi) is 3.82. The van der Waals surface area contributed by atoms with Gasteiger partial charge in [0.05, 0.1) is 12.0 Å². The molecule has 0 aliphatic carbocycles. The highest BCUT2D eigenvalue weighted by atomic mass is 16.6. The van der Waals surface area contributed by atoms with Crippen molar-refractivity contribution in [1.82, 2.24) is 9.97 Å². The fourth-order valence-electron chi connectivity index (χ4n) is 1.15. The van der Waals surface area contributed by atoms with Crippen LogP contribution in [0.25, 0.3) is 0 Å². The average Bonchev–Trinajstić information content (AvgIpc) is 2.24. The van der Waals surface area contributed by atoms with E-state index in [1.54, 1.807) is 0 Å². The van der Waals surface area contributed by atoms with E-state index in [4.69, 9.17) is 4.74 Å². The van der Waals surface area contributed by atoms with E-state index >= 15 is 0 Å². The van der Waals surface area contributed by atoms with Gasteiger partial charge in [0.1, 0.15) is 6.33 Å². The number of nitro groups is 1. The Morgan fingerprint density at radius 3 is 2.59 bits per heavy atom. The molecule has 0 aliphatic rings. The molecule has 0 aromatic carbocycles. The number of rotatable bonds is 4. The van der Waals surface area contributed by atoms with Gasteiger partial charge in [0, 0.05) is 6.54 Å². The molecule has 1 aromatic heterocycles. The van der Waals surface area contributed by atoms with E-state index in [9.17, 15) is 10.1 Å². The van der Waals surface area contributed by atoms with Crippen LogP contribution in [0.5, 0.6) is 5.88 Å². The van der Waals surface area contributed by atoms with Crippen molar-refractivity contribution in [1.29, 1.82) is 0 Å². The molecule has 0 spiro atoms. The van der Waals surface area contributed by atoms with Gasteiger partial charge in [-0.25, -0.2) is 4.98 Å². The van der Waals surface area contributed by atoms with Crippen molar-refractivity contribution in [3.63, 3.8) is 0 Å². The number of nitrogens with zero attached hydrogens (tertiary/aromatic N) is 3. The second-order valence-electron chi connectivity index (χ2n) is 4.75. The monoisotopic (exact) mass is 240 g/mol. The molecule has 0 amide bonds. The Morgan fingerprint density at radius 2 is 2.12 bits per heavy atom. The molecule has 17 heavy (non-hydrogen) atoms. The van der Waals surface area contributed by atoms with E-state index in [2.05, 4.69) is 15.3 Å². The van der Waals surface area contributed by atoms with Crippen LogP contribution < -0.4 is 10.1 Å². The van der Waals surface area contributed by atoms with Gasteiger partial charge in [0.15, 0.2) is 0 Å².